The van der Waals surface area contributed by atoms with Crippen LogP contribution in [-0.2, 0) is 9.53 Å². The van der Waals surface area contributed by atoms with E-state index in [1.54, 1.807) is 6.07 Å². The van der Waals surface area contributed by atoms with Crippen molar-refractivity contribution in [1.82, 2.24) is 15.5 Å². The van der Waals surface area contributed by atoms with Crippen molar-refractivity contribution in [1.29, 1.82) is 0 Å². The Morgan fingerprint density at radius 1 is 1.29 bits per heavy atom. The summed E-state index contributed by atoms with van der Waals surface area (Å²) in [5, 5.41) is 10.4. The van der Waals surface area contributed by atoms with Gasteiger partial charge in [-0.05, 0) is 24.3 Å². The molecule has 0 aliphatic heterocycles. The molecule has 1 aliphatic rings. The van der Waals surface area contributed by atoms with E-state index in [0.29, 0.717) is 17.2 Å². The van der Waals surface area contributed by atoms with Gasteiger partial charge in [0.25, 0.3) is 5.91 Å². The minimum absolute atomic E-state index is 0.158. The van der Waals surface area contributed by atoms with E-state index in [4.69, 9.17) is 4.74 Å². The molecule has 6 nitrogen and oxygen atoms in total. The van der Waals surface area contributed by atoms with E-state index in [2.05, 4.69) is 29.4 Å². The summed E-state index contributed by atoms with van der Waals surface area (Å²) in [5.41, 5.74) is 0.969. The van der Waals surface area contributed by atoms with Gasteiger partial charge >= 0.3 is 5.97 Å². The second kappa shape index (κ2) is 7.03. The van der Waals surface area contributed by atoms with E-state index in [9.17, 15) is 9.59 Å². The predicted octanol–water partition coefficient (Wildman–Crippen LogP) is 2.66. The fraction of sp³-hybridized carbons (Fsp3) is 0.500. The number of amides is 1. The molecule has 1 aromatic carbocycles. The van der Waals surface area contributed by atoms with Crippen molar-refractivity contribution in [2.45, 2.75) is 39.2 Å². The van der Waals surface area contributed by atoms with Crippen LogP contribution in [-0.4, -0.2) is 34.7 Å². The summed E-state index contributed by atoms with van der Waals surface area (Å²) in [6.07, 6.45) is 3.31. The molecule has 0 bridgehead atoms. The third kappa shape index (κ3) is 3.42. The lowest BCUT2D eigenvalue weighted by atomic mass is 9.78. The van der Waals surface area contributed by atoms with Crippen LogP contribution in [0.5, 0.6) is 0 Å². The number of para-hydroxylation sites is 1. The maximum atomic E-state index is 12.1. The maximum absolute atomic E-state index is 12.1. The molecule has 0 spiro atoms. The lowest BCUT2D eigenvalue weighted by molar-refractivity contribution is -0.125. The van der Waals surface area contributed by atoms with E-state index in [1.165, 1.54) is 6.42 Å². The fourth-order valence-corrected chi connectivity index (χ4v) is 3.35. The average Bonchev–Trinajstić information content (AvgIpc) is 3.01. The zero-order valence-corrected chi connectivity index (χ0v) is 14.0. The number of hydrogen-bond acceptors (Lipinski definition) is 4. The van der Waals surface area contributed by atoms with Gasteiger partial charge in [0.05, 0.1) is 5.52 Å². The quantitative estimate of drug-likeness (QED) is 0.845. The van der Waals surface area contributed by atoms with Gasteiger partial charge < -0.3 is 10.1 Å². The SMILES string of the molecule is C[C@@H]1[C@H](C)CCC[C@H]1NC(=O)COC(=O)c1n[nH]c2ccccc12. The number of fused-ring (bicyclic) bond motifs is 1. The Kier molecular flexibility index (Phi) is 4.83. The summed E-state index contributed by atoms with van der Waals surface area (Å²) in [6, 6.07) is 7.46. The van der Waals surface area contributed by atoms with Crippen molar-refractivity contribution >= 4 is 22.8 Å². The van der Waals surface area contributed by atoms with Crippen LogP contribution in [0.4, 0.5) is 0 Å². The van der Waals surface area contributed by atoms with E-state index < -0.39 is 5.97 Å². The second-order valence-corrected chi connectivity index (χ2v) is 6.64. The summed E-state index contributed by atoms with van der Waals surface area (Å²) in [7, 11) is 0. The molecule has 1 heterocycles. The number of rotatable bonds is 4. The highest BCUT2D eigenvalue weighted by atomic mass is 16.5. The molecule has 6 heteroatoms. The van der Waals surface area contributed by atoms with Crippen LogP contribution in [0.1, 0.15) is 43.6 Å². The molecular formula is C18H23N3O3. The highest BCUT2D eigenvalue weighted by Crippen LogP contribution is 2.29. The van der Waals surface area contributed by atoms with E-state index >= 15 is 0 Å². The van der Waals surface area contributed by atoms with Crippen molar-refractivity contribution in [3.05, 3.63) is 30.0 Å². The topological polar surface area (TPSA) is 84.1 Å². The van der Waals surface area contributed by atoms with Crippen molar-refractivity contribution in [3.63, 3.8) is 0 Å². The summed E-state index contributed by atoms with van der Waals surface area (Å²) >= 11 is 0. The molecule has 1 fully saturated rings. The van der Waals surface area contributed by atoms with Gasteiger partial charge in [0.2, 0.25) is 0 Å². The van der Waals surface area contributed by atoms with Crippen LogP contribution < -0.4 is 5.32 Å². The maximum Gasteiger partial charge on any atom is 0.359 e. The van der Waals surface area contributed by atoms with Gasteiger partial charge in [0.1, 0.15) is 0 Å². The first-order chi connectivity index (χ1) is 11.6. The van der Waals surface area contributed by atoms with Crippen LogP contribution in [0.15, 0.2) is 24.3 Å². The number of nitrogens with zero attached hydrogens (tertiary/aromatic N) is 1. The molecular weight excluding hydrogens is 306 g/mol. The number of carbonyl (C=O) groups excluding carboxylic acids is 2. The van der Waals surface area contributed by atoms with Crippen molar-refractivity contribution < 1.29 is 14.3 Å². The normalized spacial score (nSPS) is 23.8. The van der Waals surface area contributed by atoms with Gasteiger partial charge in [-0.1, -0.05) is 44.9 Å². The Hall–Kier alpha value is -2.37. The Balaban J connectivity index is 1.55. The molecule has 1 aromatic heterocycles. The molecule has 1 aliphatic carbocycles. The number of ether oxygens (including phenoxy) is 1. The van der Waals surface area contributed by atoms with Gasteiger partial charge in [-0.2, -0.15) is 5.10 Å². The molecule has 3 atom stereocenters. The first-order valence-corrected chi connectivity index (χ1v) is 8.46. The molecule has 0 unspecified atom stereocenters. The van der Waals surface area contributed by atoms with Gasteiger partial charge in [0.15, 0.2) is 12.3 Å². The lowest BCUT2D eigenvalue weighted by Gasteiger charge is -2.34. The summed E-state index contributed by atoms with van der Waals surface area (Å²) < 4.78 is 5.13. The molecule has 128 valence electrons. The Labute approximate surface area is 141 Å². The molecule has 0 radical (unpaired) electrons. The third-order valence-corrected chi connectivity index (χ3v) is 5.05. The number of hydrogen-bond donors (Lipinski definition) is 2. The predicted molar refractivity (Wildman–Crippen MR) is 90.5 cm³/mol. The largest absolute Gasteiger partial charge is 0.451 e. The molecule has 24 heavy (non-hydrogen) atoms. The first-order valence-electron chi connectivity index (χ1n) is 8.46. The third-order valence-electron chi connectivity index (χ3n) is 5.05. The monoisotopic (exact) mass is 329 g/mol. The zero-order valence-electron chi connectivity index (χ0n) is 14.0. The van der Waals surface area contributed by atoms with Gasteiger partial charge in [0, 0.05) is 11.4 Å². The van der Waals surface area contributed by atoms with Gasteiger partial charge in [-0.15, -0.1) is 0 Å². The Morgan fingerprint density at radius 2 is 2.08 bits per heavy atom. The Bertz CT molecular complexity index is 740. The van der Waals surface area contributed by atoms with Gasteiger partial charge in [-0.25, -0.2) is 4.79 Å². The number of benzene rings is 1. The van der Waals surface area contributed by atoms with Crippen LogP contribution in [0.3, 0.4) is 0 Å². The number of H-pyrrole nitrogens is 1. The smallest absolute Gasteiger partial charge is 0.359 e. The molecule has 0 saturated heterocycles. The summed E-state index contributed by atoms with van der Waals surface area (Å²) in [6.45, 7) is 4.10. The fourth-order valence-electron chi connectivity index (χ4n) is 3.35. The number of aromatic nitrogens is 2. The standard InChI is InChI=1S/C18H23N3O3/c1-11-6-5-9-14(12(11)2)19-16(22)10-24-18(23)17-13-7-3-4-8-15(13)20-21-17/h3-4,7-8,11-12,14H,5-6,9-10H2,1-2H3,(H,19,22)(H,20,21)/t11-,12-,14-/m1/s1. The molecule has 1 saturated carbocycles. The molecule has 3 rings (SSSR count). The lowest BCUT2D eigenvalue weighted by Crippen LogP contribution is -2.45. The number of nitrogens with one attached hydrogen (secondary N) is 2. The minimum Gasteiger partial charge on any atom is -0.451 e. The number of aromatic amines is 1. The first kappa shape index (κ1) is 16.5. The number of carbonyl (C=O) groups is 2. The molecule has 2 aromatic rings. The van der Waals surface area contributed by atoms with E-state index in [1.807, 2.05) is 18.2 Å². The Morgan fingerprint density at radius 3 is 2.92 bits per heavy atom. The second-order valence-electron chi connectivity index (χ2n) is 6.64. The zero-order chi connectivity index (χ0) is 17.1. The van der Waals surface area contributed by atoms with Crippen LogP contribution in [0, 0.1) is 11.8 Å². The van der Waals surface area contributed by atoms with E-state index in [-0.39, 0.29) is 24.2 Å². The summed E-state index contributed by atoms with van der Waals surface area (Å²) in [5.74, 6) is 0.192. The molecule has 2 N–H and O–H groups in total. The summed E-state index contributed by atoms with van der Waals surface area (Å²) in [4.78, 5) is 24.2. The van der Waals surface area contributed by atoms with Crippen LogP contribution in [0.2, 0.25) is 0 Å². The molecule has 1 amide bonds. The highest BCUT2D eigenvalue weighted by Gasteiger charge is 2.28. The minimum atomic E-state index is -0.590. The number of esters is 1. The van der Waals surface area contributed by atoms with E-state index in [0.717, 1.165) is 18.4 Å². The highest BCUT2D eigenvalue weighted by molar-refractivity contribution is 6.02. The van der Waals surface area contributed by atoms with Gasteiger partial charge in [-0.3, -0.25) is 9.89 Å². The average molecular weight is 329 g/mol. The van der Waals surface area contributed by atoms with Crippen LogP contribution >= 0.6 is 0 Å². The van der Waals surface area contributed by atoms with Crippen molar-refractivity contribution in [2.75, 3.05) is 6.61 Å². The van der Waals surface area contributed by atoms with Crippen molar-refractivity contribution in [2.24, 2.45) is 11.8 Å². The van der Waals surface area contributed by atoms with Crippen molar-refractivity contribution in [3.8, 4) is 0 Å². The van der Waals surface area contributed by atoms with Crippen LogP contribution in [0.25, 0.3) is 10.9 Å².